The van der Waals surface area contributed by atoms with Gasteiger partial charge in [0.05, 0.1) is 12.1 Å². The fourth-order valence-electron chi connectivity index (χ4n) is 2.94. The van der Waals surface area contributed by atoms with Gasteiger partial charge in [0.15, 0.2) is 0 Å². The van der Waals surface area contributed by atoms with Gasteiger partial charge in [-0.25, -0.2) is 4.98 Å². The number of piperazine rings is 1. The molecule has 2 rings (SSSR count). The Morgan fingerprint density at radius 1 is 1.39 bits per heavy atom. The zero-order valence-corrected chi connectivity index (χ0v) is 13.7. The number of carbonyl (C=O) groups is 1. The number of hydrogen-bond acceptors (Lipinski definition) is 4. The molecule has 1 saturated heterocycles. The van der Waals surface area contributed by atoms with Gasteiger partial charge in [-0.1, -0.05) is 13.3 Å². The lowest BCUT2D eigenvalue weighted by Gasteiger charge is -2.38. The molecule has 130 valence electrons. The van der Waals surface area contributed by atoms with Crippen molar-refractivity contribution in [2.75, 3.05) is 26.2 Å². The van der Waals surface area contributed by atoms with Gasteiger partial charge in [-0.05, 0) is 13.3 Å². The highest BCUT2D eigenvalue weighted by Gasteiger charge is 2.33. The van der Waals surface area contributed by atoms with E-state index in [-0.39, 0.29) is 5.91 Å². The highest BCUT2D eigenvalue weighted by atomic mass is 19.3. The summed E-state index contributed by atoms with van der Waals surface area (Å²) in [4.78, 5) is 20.2. The summed E-state index contributed by atoms with van der Waals surface area (Å²) < 4.78 is 26.5. The van der Waals surface area contributed by atoms with Crippen LogP contribution in [0.25, 0.3) is 0 Å². The second kappa shape index (κ2) is 7.35. The van der Waals surface area contributed by atoms with E-state index >= 15 is 0 Å². The number of imidazole rings is 1. The molecule has 0 aromatic carbocycles. The van der Waals surface area contributed by atoms with Crippen molar-refractivity contribution in [1.82, 2.24) is 19.4 Å². The number of nitrogens with two attached hydrogens (primary N) is 1. The molecule has 1 aliphatic rings. The highest BCUT2D eigenvalue weighted by molar-refractivity contribution is 5.85. The first kappa shape index (κ1) is 17.8. The van der Waals surface area contributed by atoms with Gasteiger partial charge < -0.3 is 10.6 Å². The molecule has 0 radical (unpaired) electrons. The Morgan fingerprint density at radius 2 is 2.04 bits per heavy atom. The van der Waals surface area contributed by atoms with E-state index in [1.165, 1.54) is 12.4 Å². The maximum absolute atomic E-state index is 12.8. The molecule has 1 aromatic rings. The van der Waals surface area contributed by atoms with Crippen molar-refractivity contribution in [1.29, 1.82) is 0 Å². The average Bonchev–Trinajstić information content (AvgIpc) is 2.95. The van der Waals surface area contributed by atoms with E-state index in [1.54, 1.807) is 11.8 Å². The predicted molar refractivity (Wildman–Crippen MR) is 82.8 cm³/mol. The van der Waals surface area contributed by atoms with Crippen molar-refractivity contribution in [3.05, 3.63) is 18.2 Å². The van der Waals surface area contributed by atoms with Crippen molar-refractivity contribution in [3.8, 4) is 0 Å². The van der Waals surface area contributed by atoms with E-state index in [0.29, 0.717) is 45.0 Å². The molecule has 1 aliphatic heterocycles. The number of alkyl halides is 2. The molecule has 0 bridgehead atoms. The molecular weight excluding hydrogens is 304 g/mol. The Kier molecular flexibility index (Phi) is 5.69. The molecule has 1 atom stereocenters. The largest absolute Gasteiger partial charge is 0.339 e. The molecule has 0 saturated carbocycles. The number of nitrogens with zero attached hydrogens (tertiary/aromatic N) is 4. The number of carbonyl (C=O) groups excluding carboxylic acids is 1. The summed E-state index contributed by atoms with van der Waals surface area (Å²) in [6.45, 7) is 3.92. The lowest BCUT2D eigenvalue weighted by Crippen LogP contribution is -2.58. The van der Waals surface area contributed by atoms with Gasteiger partial charge in [0.1, 0.15) is 5.82 Å². The fraction of sp³-hybridized carbons (Fsp3) is 0.733. The molecule has 6 nitrogen and oxygen atoms in total. The van der Waals surface area contributed by atoms with Crippen molar-refractivity contribution in [2.45, 2.75) is 45.3 Å². The van der Waals surface area contributed by atoms with E-state index in [1.807, 2.05) is 11.8 Å². The van der Waals surface area contributed by atoms with E-state index in [0.717, 1.165) is 11.0 Å². The lowest BCUT2D eigenvalue weighted by molar-refractivity contribution is -0.138. The van der Waals surface area contributed by atoms with Crippen LogP contribution in [0.4, 0.5) is 8.78 Å². The van der Waals surface area contributed by atoms with Gasteiger partial charge in [-0.15, -0.1) is 0 Å². The van der Waals surface area contributed by atoms with Crippen molar-refractivity contribution in [2.24, 2.45) is 5.73 Å². The number of hydrogen-bond donors (Lipinski definition) is 1. The molecular formula is C15H25F2N5O. The van der Waals surface area contributed by atoms with Crippen molar-refractivity contribution in [3.63, 3.8) is 0 Å². The van der Waals surface area contributed by atoms with Crippen LogP contribution in [0, 0.1) is 0 Å². The van der Waals surface area contributed by atoms with E-state index in [4.69, 9.17) is 5.73 Å². The molecule has 8 heteroatoms. The maximum atomic E-state index is 12.8. The lowest BCUT2D eigenvalue weighted by atomic mass is 9.95. The molecule has 0 aliphatic carbocycles. The normalized spacial score (nSPS) is 19.1. The molecule has 2 heterocycles. The Bertz CT molecular complexity index is 524. The smallest absolute Gasteiger partial charge is 0.319 e. The third-order valence-corrected chi connectivity index (χ3v) is 4.24. The Labute approximate surface area is 135 Å². The van der Waals surface area contributed by atoms with Crippen LogP contribution in [0.1, 0.15) is 39.1 Å². The third kappa shape index (κ3) is 4.26. The number of aromatic nitrogens is 2. The van der Waals surface area contributed by atoms with Gasteiger partial charge in [0, 0.05) is 38.6 Å². The molecule has 23 heavy (non-hydrogen) atoms. The summed E-state index contributed by atoms with van der Waals surface area (Å²) in [7, 11) is 0. The van der Waals surface area contributed by atoms with Gasteiger partial charge in [-0.3, -0.25) is 14.3 Å². The van der Waals surface area contributed by atoms with Crippen molar-refractivity contribution >= 4 is 5.91 Å². The second-order valence-corrected chi connectivity index (χ2v) is 6.26. The van der Waals surface area contributed by atoms with E-state index < -0.39 is 12.1 Å². The maximum Gasteiger partial charge on any atom is 0.319 e. The molecule has 1 unspecified atom stereocenters. The first-order valence-corrected chi connectivity index (χ1v) is 7.95. The molecule has 2 N–H and O–H groups in total. The highest BCUT2D eigenvalue weighted by Crippen LogP contribution is 2.17. The van der Waals surface area contributed by atoms with Gasteiger partial charge in [0.25, 0.3) is 0 Å². The van der Waals surface area contributed by atoms with Crippen LogP contribution in [0.2, 0.25) is 0 Å². The van der Waals surface area contributed by atoms with Crippen LogP contribution in [0.15, 0.2) is 12.4 Å². The van der Waals surface area contributed by atoms with Crippen molar-refractivity contribution < 1.29 is 13.6 Å². The summed E-state index contributed by atoms with van der Waals surface area (Å²) in [5.74, 6) is 0.308. The van der Waals surface area contributed by atoms with Gasteiger partial charge in [-0.2, -0.15) is 8.78 Å². The zero-order chi connectivity index (χ0) is 17.0. The topological polar surface area (TPSA) is 67.4 Å². The van der Waals surface area contributed by atoms with Gasteiger partial charge in [0.2, 0.25) is 5.91 Å². The molecule has 1 amide bonds. The van der Waals surface area contributed by atoms with Crippen LogP contribution in [0.5, 0.6) is 0 Å². The quantitative estimate of drug-likeness (QED) is 0.857. The zero-order valence-electron chi connectivity index (χ0n) is 13.7. The minimum atomic E-state index is -2.58. The van der Waals surface area contributed by atoms with Crippen LogP contribution in [-0.2, 0) is 11.3 Å². The van der Waals surface area contributed by atoms with Crippen LogP contribution >= 0.6 is 0 Å². The summed E-state index contributed by atoms with van der Waals surface area (Å²) in [6.07, 6.45) is 4.17. The molecule has 0 spiro atoms. The van der Waals surface area contributed by atoms with Gasteiger partial charge >= 0.3 is 6.55 Å². The third-order valence-electron chi connectivity index (χ3n) is 4.24. The fourth-order valence-corrected chi connectivity index (χ4v) is 2.94. The number of halogens is 2. The Hall–Kier alpha value is -1.54. The van der Waals surface area contributed by atoms with Crippen LogP contribution in [0.3, 0.4) is 0 Å². The first-order valence-electron chi connectivity index (χ1n) is 7.95. The second-order valence-electron chi connectivity index (χ2n) is 6.26. The molecule has 1 aromatic heterocycles. The predicted octanol–water partition coefficient (Wildman–Crippen LogP) is 1.44. The SMILES string of the molecule is CCCC(C)(N)C(=O)N1CCN(Cc2nccn2C(F)F)CC1. The van der Waals surface area contributed by atoms with Crippen LogP contribution < -0.4 is 5.73 Å². The first-order chi connectivity index (χ1) is 10.8. The Balaban J connectivity index is 1.89. The summed E-state index contributed by atoms with van der Waals surface area (Å²) in [6, 6.07) is 0. The van der Waals surface area contributed by atoms with Crippen LogP contribution in [-0.4, -0.2) is 57.0 Å². The minimum Gasteiger partial charge on any atom is -0.339 e. The Morgan fingerprint density at radius 3 is 2.61 bits per heavy atom. The molecule has 1 fully saturated rings. The standard InChI is InChI=1S/C15H25F2N5O/c1-3-4-15(2,18)13(23)21-9-7-20(8-10-21)11-12-19-5-6-22(12)14(16)17/h5-6,14H,3-4,7-11,18H2,1-2H3. The summed E-state index contributed by atoms with van der Waals surface area (Å²) in [5, 5.41) is 0. The summed E-state index contributed by atoms with van der Waals surface area (Å²) in [5.41, 5.74) is 5.27. The van der Waals surface area contributed by atoms with E-state index in [9.17, 15) is 13.6 Å². The summed E-state index contributed by atoms with van der Waals surface area (Å²) >= 11 is 0. The van der Waals surface area contributed by atoms with E-state index in [2.05, 4.69) is 4.98 Å². The number of rotatable bonds is 6. The average molecular weight is 329 g/mol. The number of amides is 1. The minimum absolute atomic E-state index is 0.0342. The monoisotopic (exact) mass is 329 g/mol.